The summed E-state index contributed by atoms with van der Waals surface area (Å²) < 4.78 is 70.7. The van der Waals surface area contributed by atoms with E-state index in [9.17, 15) is 36.3 Å². The Hall–Kier alpha value is -4.40. The number of rotatable bonds is 7. The van der Waals surface area contributed by atoms with Gasteiger partial charge in [0.15, 0.2) is 5.65 Å². The van der Waals surface area contributed by atoms with E-state index in [1.54, 1.807) is 18.9 Å². The average molecular weight is 769 g/mol. The van der Waals surface area contributed by atoms with Crippen LogP contribution in [0.1, 0.15) is 96.1 Å². The van der Waals surface area contributed by atoms with Crippen LogP contribution in [-0.4, -0.2) is 94.2 Å². The Labute approximate surface area is 316 Å². The summed E-state index contributed by atoms with van der Waals surface area (Å²) in [6.45, 7) is 18.4. The first kappa shape index (κ1) is 47.6. The highest BCUT2D eigenvalue weighted by Crippen LogP contribution is 2.35. The number of aromatic nitrogens is 3. The molecule has 2 aliphatic rings. The van der Waals surface area contributed by atoms with Crippen LogP contribution in [0.4, 0.5) is 22.0 Å². The van der Waals surface area contributed by atoms with Crippen molar-refractivity contribution in [3.05, 3.63) is 66.8 Å². The number of benzene rings is 1. The van der Waals surface area contributed by atoms with E-state index in [-0.39, 0.29) is 54.1 Å². The maximum absolute atomic E-state index is 14.0. The molecule has 1 aliphatic carbocycles. The molecular weight excluding hydrogens is 711 g/mol. The van der Waals surface area contributed by atoms with Gasteiger partial charge in [-0.1, -0.05) is 46.0 Å². The number of alkyl halides is 4. The molecule has 1 aromatic carbocycles. The van der Waals surface area contributed by atoms with Crippen molar-refractivity contribution in [3.8, 4) is 11.3 Å². The molecule has 2 fully saturated rings. The topological polar surface area (TPSA) is 109 Å². The zero-order chi connectivity index (χ0) is 41.2. The maximum Gasteiger partial charge on any atom is 0.420 e. The molecular formula is C39H57F5N6O4. The Morgan fingerprint density at radius 3 is 2.11 bits per heavy atom. The number of hydrogen-bond acceptors (Lipinski definition) is 6. The predicted octanol–water partition coefficient (Wildman–Crippen LogP) is 8.16. The van der Waals surface area contributed by atoms with E-state index >= 15 is 0 Å². The number of imidazole rings is 1. The van der Waals surface area contributed by atoms with Gasteiger partial charge >= 0.3 is 6.18 Å². The third-order valence-corrected chi connectivity index (χ3v) is 8.76. The SMILES string of the molecule is C=C.CC.CC1CN(C(=O)c2cn3nc(-c4ccc(F)cc4)cc(C(F)(F)F)c3n2)CCN1C(=O)C(CC1CCCCC1)NC=O.CF.COC(C)(C)C. The van der Waals surface area contributed by atoms with Gasteiger partial charge in [-0.25, -0.2) is 13.9 Å². The van der Waals surface area contributed by atoms with Crippen LogP contribution < -0.4 is 5.32 Å². The molecule has 0 radical (unpaired) electrons. The largest absolute Gasteiger partial charge is 0.420 e. The van der Waals surface area contributed by atoms with Gasteiger partial charge in [0.2, 0.25) is 12.3 Å². The molecule has 1 N–H and O–H groups in total. The van der Waals surface area contributed by atoms with Gasteiger partial charge in [-0.2, -0.15) is 18.3 Å². The Bertz CT molecular complexity index is 1590. The van der Waals surface area contributed by atoms with Crippen LogP contribution in [-0.2, 0) is 20.5 Å². The Kier molecular flexibility index (Phi) is 20.0. The van der Waals surface area contributed by atoms with E-state index < -0.39 is 35.2 Å². The molecule has 3 amide bonds. The van der Waals surface area contributed by atoms with Crippen molar-refractivity contribution in [1.29, 1.82) is 0 Å². The molecule has 0 bridgehead atoms. The Balaban J connectivity index is 0.00000108. The van der Waals surface area contributed by atoms with Gasteiger partial charge in [0, 0.05) is 38.3 Å². The monoisotopic (exact) mass is 768 g/mol. The van der Waals surface area contributed by atoms with Crippen LogP contribution in [0.15, 0.2) is 49.7 Å². The van der Waals surface area contributed by atoms with E-state index in [0.717, 1.165) is 54.6 Å². The molecule has 2 aromatic heterocycles. The molecule has 5 rings (SSSR count). The highest BCUT2D eigenvalue weighted by molar-refractivity contribution is 5.93. The van der Waals surface area contributed by atoms with Gasteiger partial charge in [-0.15, -0.1) is 13.2 Å². The Morgan fingerprint density at radius 1 is 1.04 bits per heavy atom. The van der Waals surface area contributed by atoms with Gasteiger partial charge in [0.1, 0.15) is 23.1 Å². The standard InChI is InChI=1S/C29H32F4N6O3.C5H12O.C2H6.C2H4.CH3F/c1-18-15-37(11-12-38(18)28(42)24(34-17-40)13-19-5-3-2-4-6-19)27(41)25-16-39-26(35-25)22(29(31,32)33)14-23(36-39)20-7-9-21(30)10-8-20;1-5(2,3)6-4;3*1-2/h7-10,14,16-19,24H,2-6,11-13,15H2,1H3,(H,34,40);1-4H3;1-2H3;1-2H2;1H3. The first-order valence-corrected chi connectivity index (χ1v) is 18.1. The van der Waals surface area contributed by atoms with E-state index in [2.05, 4.69) is 28.6 Å². The number of carbonyl (C=O) groups excluding carboxylic acids is 3. The summed E-state index contributed by atoms with van der Waals surface area (Å²) in [5, 5.41) is 6.88. The zero-order valence-corrected chi connectivity index (χ0v) is 32.8. The molecule has 1 saturated carbocycles. The lowest BCUT2D eigenvalue weighted by Crippen LogP contribution is -2.59. The van der Waals surface area contributed by atoms with Crippen molar-refractivity contribution < 1.29 is 41.1 Å². The minimum Gasteiger partial charge on any atom is -0.379 e. The number of nitrogens with one attached hydrogen (secondary N) is 1. The van der Waals surface area contributed by atoms with E-state index in [4.69, 9.17) is 4.74 Å². The number of nitrogens with zero attached hydrogens (tertiary/aromatic N) is 5. The van der Waals surface area contributed by atoms with Crippen LogP contribution in [0.25, 0.3) is 16.9 Å². The minimum absolute atomic E-state index is 0.0417. The number of piperazine rings is 1. The number of amides is 3. The van der Waals surface area contributed by atoms with Crippen molar-refractivity contribution in [2.45, 2.75) is 104 Å². The summed E-state index contributed by atoms with van der Waals surface area (Å²) in [6, 6.07) is 4.68. The first-order chi connectivity index (χ1) is 25.6. The number of methoxy groups -OCH3 is 1. The number of ether oxygens (including phenoxy) is 1. The first-order valence-electron chi connectivity index (χ1n) is 18.1. The lowest BCUT2D eigenvalue weighted by molar-refractivity contribution is -0.139. The molecule has 54 heavy (non-hydrogen) atoms. The zero-order valence-electron chi connectivity index (χ0n) is 32.8. The van der Waals surface area contributed by atoms with E-state index in [1.807, 2.05) is 34.6 Å². The van der Waals surface area contributed by atoms with Crippen molar-refractivity contribution in [2.75, 3.05) is 33.9 Å². The molecule has 10 nitrogen and oxygen atoms in total. The van der Waals surface area contributed by atoms with Gasteiger partial charge in [0.05, 0.1) is 24.7 Å². The van der Waals surface area contributed by atoms with Crippen molar-refractivity contribution in [2.24, 2.45) is 5.92 Å². The van der Waals surface area contributed by atoms with Gasteiger partial charge in [0.25, 0.3) is 5.91 Å². The maximum atomic E-state index is 14.0. The smallest absolute Gasteiger partial charge is 0.379 e. The van der Waals surface area contributed by atoms with Crippen LogP contribution in [0.3, 0.4) is 0 Å². The lowest BCUT2D eigenvalue weighted by Gasteiger charge is -2.41. The average Bonchev–Trinajstić information content (AvgIpc) is 3.61. The van der Waals surface area contributed by atoms with Crippen LogP contribution in [0.2, 0.25) is 0 Å². The second-order valence-corrected chi connectivity index (χ2v) is 13.4. The third kappa shape index (κ3) is 13.8. The summed E-state index contributed by atoms with van der Waals surface area (Å²) in [4.78, 5) is 45.1. The van der Waals surface area contributed by atoms with Crippen molar-refractivity contribution in [1.82, 2.24) is 29.7 Å². The quantitative estimate of drug-likeness (QED) is 0.148. The summed E-state index contributed by atoms with van der Waals surface area (Å²) in [7, 11) is 2.21. The van der Waals surface area contributed by atoms with Gasteiger partial charge in [-0.05, 0) is 70.4 Å². The summed E-state index contributed by atoms with van der Waals surface area (Å²) in [5.74, 6) is -0.956. The number of fused-ring (bicyclic) bond motifs is 1. The molecule has 2 unspecified atom stereocenters. The number of carbonyl (C=O) groups is 3. The highest BCUT2D eigenvalue weighted by Gasteiger charge is 2.38. The molecule has 1 aliphatic heterocycles. The molecule has 1 saturated heterocycles. The molecule has 3 aromatic rings. The lowest BCUT2D eigenvalue weighted by atomic mass is 9.84. The summed E-state index contributed by atoms with van der Waals surface area (Å²) in [5.41, 5.74) is -1.56. The highest BCUT2D eigenvalue weighted by atomic mass is 19.4. The fraction of sp³-hybridized carbons (Fsp3) is 0.564. The van der Waals surface area contributed by atoms with E-state index in [1.165, 1.54) is 23.5 Å². The van der Waals surface area contributed by atoms with Crippen molar-refractivity contribution >= 4 is 23.9 Å². The minimum atomic E-state index is -4.78. The third-order valence-electron chi connectivity index (χ3n) is 8.76. The molecule has 3 heterocycles. The number of hydrogen-bond donors (Lipinski definition) is 1. The van der Waals surface area contributed by atoms with Crippen LogP contribution >= 0.6 is 0 Å². The van der Waals surface area contributed by atoms with E-state index in [0.29, 0.717) is 25.9 Å². The fourth-order valence-corrected chi connectivity index (χ4v) is 5.96. The second kappa shape index (κ2) is 22.7. The fourth-order valence-electron chi connectivity index (χ4n) is 5.96. The Morgan fingerprint density at radius 2 is 1.61 bits per heavy atom. The molecule has 15 heteroatoms. The predicted molar refractivity (Wildman–Crippen MR) is 201 cm³/mol. The normalized spacial score (nSPS) is 16.5. The van der Waals surface area contributed by atoms with Crippen molar-refractivity contribution in [3.63, 3.8) is 0 Å². The second-order valence-electron chi connectivity index (χ2n) is 13.4. The van der Waals surface area contributed by atoms with Crippen LogP contribution in [0.5, 0.6) is 0 Å². The summed E-state index contributed by atoms with van der Waals surface area (Å²) >= 11 is 0. The van der Waals surface area contributed by atoms with Crippen LogP contribution in [0, 0.1) is 11.7 Å². The number of halogens is 5. The summed E-state index contributed by atoms with van der Waals surface area (Å²) in [6.07, 6.45) is 2.93. The molecule has 0 spiro atoms. The molecule has 2 atom stereocenters. The van der Waals surface area contributed by atoms with Gasteiger partial charge < -0.3 is 19.9 Å². The van der Waals surface area contributed by atoms with Gasteiger partial charge in [-0.3, -0.25) is 18.8 Å². The molecule has 302 valence electrons.